The highest BCUT2D eigenvalue weighted by molar-refractivity contribution is 6.76. The molecule has 140 valence electrons. The number of carbonyl (C=O) groups is 2. The molecule has 0 aromatic heterocycles. The molecule has 3 atom stereocenters. The van der Waals surface area contributed by atoms with Crippen molar-refractivity contribution in [3.05, 3.63) is 24.3 Å². The number of ketones is 1. The fraction of sp³-hybridized carbons (Fsp3) is 0.625. The van der Waals surface area contributed by atoms with Crippen molar-refractivity contribution in [3.8, 4) is 0 Å². The van der Waals surface area contributed by atoms with Crippen molar-refractivity contribution < 1.29 is 24.2 Å². The molecule has 6 nitrogen and oxygen atoms in total. The van der Waals surface area contributed by atoms with Gasteiger partial charge in [-0.3, -0.25) is 9.59 Å². The van der Waals surface area contributed by atoms with E-state index in [1.807, 2.05) is 0 Å². The molecule has 25 heavy (non-hydrogen) atoms. The lowest BCUT2D eigenvalue weighted by atomic mass is 9.69. The summed E-state index contributed by atoms with van der Waals surface area (Å²) in [6, 6.07) is 0. The molecule has 1 saturated heterocycles. The topological polar surface area (TPSA) is 84.9 Å². The largest absolute Gasteiger partial charge is 0.392 e. The first-order valence-electron chi connectivity index (χ1n) is 7.64. The quantitative estimate of drug-likeness (QED) is 0.545. The molecule has 0 aromatic rings. The number of ether oxygens (including phenoxy) is 2. The smallest absolute Gasteiger partial charge is 0.273 e. The van der Waals surface area contributed by atoms with Gasteiger partial charge in [-0.05, 0) is 31.9 Å². The summed E-state index contributed by atoms with van der Waals surface area (Å²) in [5.74, 6) is -2.84. The van der Waals surface area contributed by atoms with Crippen molar-refractivity contribution in [1.82, 2.24) is 5.32 Å². The third-order valence-corrected chi connectivity index (χ3v) is 4.91. The Labute approximate surface area is 161 Å². The van der Waals surface area contributed by atoms with Crippen molar-refractivity contribution in [3.63, 3.8) is 0 Å². The third-order valence-electron chi connectivity index (χ3n) is 4.39. The molecule has 0 saturated carbocycles. The van der Waals surface area contributed by atoms with Crippen LogP contribution in [0.2, 0.25) is 0 Å². The standard InChI is InChI=1S/C16H20Cl3NO5/c1-4-15(20-13(23)16(17,18)19)10(5-9(7-21)6-12(15)22)11-8-24-14(2,3)25-11/h4,6,10-11,21H,1,5,7-8H2,2-3H3,(H,20,23)/t10?,11-,15-/m1/s1. The van der Waals surface area contributed by atoms with Crippen LogP contribution >= 0.6 is 34.8 Å². The molecule has 1 amide bonds. The first kappa shape index (κ1) is 20.7. The van der Waals surface area contributed by atoms with Crippen molar-refractivity contribution in [2.24, 2.45) is 5.92 Å². The van der Waals surface area contributed by atoms with E-state index in [0.717, 1.165) is 0 Å². The molecular weight excluding hydrogens is 393 g/mol. The summed E-state index contributed by atoms with van der Waals surface area (Å²) in [6.45, 7) is 7.11. The Morgan fingerprint density at radius 3 is 2.60 bits per heavy atom. The zero-order valence-electron chi connectivity index (χ0n) is 13.9. The minimum absolute atomic E-state index is 0.211. The number of hydrogen-bond donors (Lipinski definition) is 2. The minimum Gasteiger partial charge on any atom is -0.392 e. The average molecular weight is 413 g/mol. The first-order chi connectivity index (χ1) is 11.4. The Bertz CT molecular complexity index is 613. The number of aliphatic hydroxyl groups is 1. The molecule has 1 aliphatic carbocycles. The molecule has 1 heterocycles. The number of halogens is 3. The van der Waals surface area contributed by atoms with Crippen molar-refractivity contribution >= 4 is 46.5 Å². The second-order valence-electron chi connectivity index (χ2n) is 6.53. The lowest BCUT2D eigenvalue weighted by Gasteiger charge is -2.43. The summed E-state index contributed by atoms with van der Waals surface area (Å²) >= 11 is 16.9. The number of alkyl halides is 3. The van der Waals surface area contributed by atoms with Gasteiger partial charge in [-0.2, -0.15) is 0 Å². The van der Waals surface area contributed by atoms with E-state index in [0.29, 0.717) is 12.0 Å². The molecule has 9 heteroatoms. The summed E-state index contributed by atoms with van der Waals surface area (Å²) < 4.78 is 9.21. The van der Waals surface area contributed by atoms with Gasteiger partial charge < -0.3 is 19.9 Å². The molecule has 0 aromatic carbocycles. The van der Waals surface area contributed by atoms with Crippen LogP contribution in [0.15, 0.2) is 24.3 Å². The second kappa shape index (κ2) is 7.18. The number of aliphatic hydroxyl groups excluding tert-OH is 1. The van der Waals surface area contributed by atoms with Crippen LogP contribution in [0.1, 0.15) is 20.3 Å². The van der Waals surface area contributed by atoms with Gasteiger partial charge in [0, 0.05) is 5.92 Å². The summed E-state index contributed by atoms with van der Waals surface area (Å²) in [5, 5.41) is 12.0. The molecule has 0 bridgehead atoms. The summed E-state index contributed by atoms with van der Waals surface area (Å²) in [7, 11) is 0. The highest BCUT2D eigenvalue weighted by Crippen LogP contribution is 2.41. The molecule has 0 radical (unpaired) electrons. The van der Waals surface area contributed by atoms with Gasteiger partial charge in [-0.25, -0.2) is 0 Å². The fourth-order valence-corrected chi connectivity index (χ4v) is 3.30. The molecule has 2 N–H and O–H groups in total. The lowest BCUT2D eigenvalue weighted by Crippen LogP contribution is -2.64. The van der Waals surface area contributed by atoms with Crippen LogP contribution in [-0.2, 0) is 19.1 Å². The molecule has 2 aliphatic rings. The van der Waals surface area contributed by atoms with Gasteiger partial charge in [0.25, 0.3) is 9.70 Å². The molecular formula is C16H20Cl3NO5. The SMILES string of the molecule is C=C[C@]1(NC(=O)C(Cl)(Cl)Cl)C(=O)C=C(CO)CC1[C@H]1COC(C)(C)O1. The molecule has 1 fully saturated rings. The summed E-state index contributed by atoms with van der Waals surface area (Å²) in [4.78, 5) is 25.0. The Balaban J connectivity index is 2.44. The second-order valence-corrected chi connectivity index (χ2v) is 8.81. The zero-order chi connectivity index (χ0) is 19.0. The van der Waals surface area contributed by atoms with E-state index in [1.165, 1.54) is 12.2 Å². The van der Waals surface area contributed by atoms with Crippen LogP contribution < -0.4 is 5.32 Å². The van der Waals surface area contributed by atoms with Crippen molar-refractivity contribution in [1.29, 1.82) is 0 Å². The van der Waals surface area contributed by atoms with Crippen LogP contribution in [0.3, 0.4) is 0 Å². The average Bonchev–Trinajstić information content (AvgIpc) is 2.87. The van der Waals surface area contributed by atoms with E-state index < -0.39 is 38.8 Å². The Kier molecular flexibility index (Phi) is 5.94. The maximum Gasteiger partial charge on any atom is 0.273 e. The highest BCUT2D eigenvalue weighted by Gasteiger charge is 2.54. The minimum atomic E-state index is -2.24. The number of rotatable bonds is 4. The Hall–Kier alpha value is -0.630. The van der Waals surface area contributed by atoms with Crippen molar-refractivity contribution in [2.75, 3.05) is 13.2 Å². The molecule has 1 unspecified atom stereocenters. The maximum atomic E-state index is 12.8. The van der Waals surface area contributed by atoms with Gasteiger partial charge in [0.15, 0.2) is 11.6 Å². The summed E-state index contributed by atoms with van der Waals surface area (Å²) in [5.41, 5.74) is -1.02. The predicted octanol–water partition coefficient (Wildman–Crippen LogP) is 2.06. The van der Waals surface area contributed by atoms with Crippen LogP contribution in [0.5, 0.6) is 0 Å². The van der Waals surface area contributed by atoms with Gasteiger partial charge in [0.2, 0.25) is 0 Å². The van der Waals surface area contributed by atoms with E-state index in [-0.39, 0.29) is 13.2 Å². The van der Waals surface area contributed by atoms with Crippen LogP contribution in [0.25, 0.3) is 0 Å². The van der Waals surface area contributed by atoms with Crippen molar-refractivity contribution in [2.45, 2.75) is 41.5 Å². The molecule has 1 aliphatic heterocycles. The number of carbonyl (C=O) groups excluding carboxylic acids is 2. The Morgan fingerprint density at radius 2 is 2.16 bits per heavy atom. The fourth-order valence-electron chi connectivity index (χ4n) is 3.15. The van der Waals surface area contributed by atoms with Gasteiger partial charge in [0.1, 0.15) is 5.54 Å². The normalized spacial score (nSPS) is 32.2. The highest BCUT2D eigenvalue weighted by atomic mass is 35.6. The maximum absolute atomic E-state index is 12.8. The molecule has 2 rings (SSSR count). The molecule has 0 spiro atoms. The van der Waals surface area contributed by atoms with Gasteiger partial charge >= 0.3 is 0 Å². The predicted molar refractivity (Wildman–Crippen MR) is 94.5 cm³/mol. The van der Waals surface area contributed by atoms with E-state index in [4.69, 9.17) is 44.3 Å². The van der Waals surface area contributed by atoms with Gasteiger partial charge in [-0.1, -0.05) is 40.9 Å². The first-order valence-corrected chi connectivity index (χ1v) is 8.78. The van der Waals surface area contributed by atoms with Crippen LogP contribution in [0.4, 0.5) is 0 Å². The van der Waals surface area contributed by atoms with E-state index in [1.54, 1.807) is 13.8 Å². The van der Waals surface area contributed by atoms with Gasteiger partial charge in [0.05, 0.1) is 19.3 Å². The van der Waals surface area contributed by atoms with Crippen LogP contribution in [-0.4, -0.2) is 51.2 Å². The number of hydrogen-bond acceptors (Lipinski definition) is 5. The summed E-state index contributed by atoms with van der Waals surface area (Å²) in [6.07, 6.45) is 2.35. The Morgan fingerprint density at radius 1 is 1.52 bits per heavy atom. The monoisotopic (exact) mass is 411 g/mol. The third kappa shape index (κ3) is 4.21. The van der Waals surface area contributed by atoms with Gasteiger partial charge in [-0.15, -0.1) is 6.58 Å². The lowest BCUT2D eigenvalue weighted by molar-refractivity contribution is -0.152. The van der Waals surface area contributed by atoms with Crippen LogP contribution in [0, 0.1) is 5.92 Å². The van der Waals surface area contributed by atoms with E-state index in [2.05, 4.69) is 11.9 Å². The van der Waals surface area contributed by atoms with E-state index in [9.17, 15) is 14.7 Å². The number of nitrogens with one attached hydrogen (secondary N) is 1. The number of amides is 1. The van der Waals surface area contributed by atoms with E-state index >= 15 is 0 Å². The zero-order valence-corrected chi connectivity index (χ0v) is 16.1.